The van der Waals surface area contributed by atoms with Gasteiger partial charge in [-0.05, 0) is 54.7 Å². The van der Waals surface area contributed by atoms with Gasteiger partial charge in [-0.15, -0.1) is 5.11 Å². The molecule has 0 unspecified atom stereocenters. The molecule has 1 aliphatic rings. The fourth-order valence-electron chi connectivity index (χ4n) is 2.03. The van der Waals surface area contributed by atoms with Crippen LogP contribution in [0, 0.1) is 0 Å². The molecule has 0 spiro atoms. The second-order valence-electron chi connectivity index (χ2n) is 5.01. The second-order valence-corrected chi connectivity index (χ2v) is 6.26. The summed E-state index contributed by atoms with van der Waals surface area (Å²) in [5.74, 6) is -0.382. The molecule has 126 valence electrons. The predicted molar refractivity (Wildman–Crippen MR) is 101 cm³/mol. The summed E-state index contributed by atoms with van der Waals surface area (Å²) >= 11 is 16.7. The number of hydrogen-bond acceptors (Lipinski definition) is 5. The van der Waals surface area contributed by atoms with Crippen molar-refractivity contribution in [2.24, 2.45) is 10.2 Å². The Balaban J connectivity index is 1.89. The van der Waals surface area contributed by atoms with E-state index in [2.05, 4.69) is 20.9 Å². The van der Waals surface area contributed by atoms with E-state index in [0.29, 0.717) is 27.0 Å². The van der Waals surface area contributed by atoms with E-state index >= 15 is 0 Å². The van der Waals surface area contributed by atoms with Crippen LogP contribution >= 0.6 is 35.4 Å². The third-order valence-corrected chi connectivity index (χ3v) is 3.96. The van der Waals surface area contributed by atoms with Crippen LogP contribution in [0.25, 0.3) is 6.08 Å². The highest BCUT2D eigenvalue weighted by atomic mass is 35.5. The Hall–Kier alpha value is -2.48. The Bertz CT molecular complexity index is 944. The van der Waals surface area contributed by atoms with Gasteiger partial charge in [0.1, 0.15) is 17.1 Å². The van der Waals surface area contributed by atoms with Gasteiger partial charge in [-0.3, -0.25) is 10.1 Å². The van der Waals surface area contributed by atoms with Crippen LogP contribution in [0.15, 0.2) is 52.3 Å². The number of phenolic OH excluding ortho intramolecular Hbond substituents is 1. The molecule has 0 radical (unpaired) electrons. The molecular weight excluding hydrogens is 383 g/mol. The maximum atomic E-state index is 11.7. The number of phenols is 1. The van der Waals surface area contributed by atoms with Crippen LogP contribution in [-0.2, 0) is 4.79 Å². The highest BCUT2D eigenvalue weighted by Gasteiger charge is 2.20. The summed E-state index contributed by atoms with van der Waals surface area (Å²) in [6.45, 7) is 0. The van der Waals surface area contributed by atoms with Gasteiger partial charge in [-0.2, -0.15) is 5.11 Å². The Labute approximate surface area is 158 Å². The molecule has 2 aromatic carbocycles. The first kappa shape index (κ1) is 17.3. The van der Waals surface area contributed by atoms with E-state index in [4.69, 9.17) is 35.4 Å². The molecule has 0 aliphatic carbocycles. The first-order valence-electron chi connectivity index (χ1n) is 6.96. The first-order chi connectivity index (χ1) is 11.9. The van der Waals surface area contributed by atoms with Crippen LogP contribution in [0.1, 0.15) is 5.56 Å². The molecule has 9 heteroatoms. The fourth-order valence-corrected chi connectivity index (χ4v) is 2.68. The quantitative estimate of drug-likeness (QED) is 0.408. The molecule has 6 nitrogen and oxygen atoms in total. The van der Waals surface area contributed by atoms with Gasteiger partial charge in [0.15, 0.2) is 5.11 Å². The summed E-state index contributed by atoms with van der Waals surface area (Å²) < 4.78 is 0. The zero-order valence-corrected chi connectivity index (χ0v) is 14.8. The van der Waals surface area contributed by atoms with Crippen molar-refractivity contribution in [3.05, 3.63) is 57.7 Å². The lowest BCUT2D eigenvalue weighted by Gasteiger charge is -2.02. The minimum atomic E-state index is -0.371. The zero-order valence-electron chi connectivity index (χ0n) is 12.5. The predicted octanol–water partition coefficient (Wildman–Crippen LogP) is 4.46. The minimum Gasteiger partial charge on any atom is -0.507 e. The molecule has 1 amide bonds. The summed E-state index contributed by atoms with van der Waals surface area (Å²) in [4.78, 5) is 11.7. The zero-order chi connectivity index (χ0) is 18.0. The van der Waals surface area contributed by atoms with Gasteiger partial charge in [0.25, 0.3) is 5.91 Å². The van der Waals surface area contributed by atoms with Gasteiger partial charge in [-0.25, -0.2) is 0 Å². The lowest BCUT2D eigenvalue weighted by Crippen LogP contribution is -2.21. The SMILES string of the molecule is O=C1NC(=S)N/C1=C/c1cc(N=Nc2ccc(Cl)cc2Cl)ccc1O. The van der Waals surface area contributed by atoms with Crippen molar-refractivity contribution in [1.82, 2.24) is 10.6 Å². The van der Waals surface area contributed by atoms with Gasteiger partial charge in [-0.1, -0.05) is 23.2 Å². The summed E-state index contributed by atoms with van der Waals surface area (Å²) in [6.07, 6.45) is 1.47. The standard InChI is InChI=1S/C16H10Cl2N4O2S/c17-9-1-3-12(11(18)7-9)22-21-10-2-4-14(23)8(5-10)6-13-15(24)20-16(25)19-13/h1-7,23H,(H2,19,20,24,25)/b13-6+,22-21?. The van der Waals surface area contributed by atoms with Gasteiger partial charge < -0.3 is 10.4 Å². The normalized spacial score (nSPS) is 15.7. The number of halogens is 2. The van der Waals surface area contributed by atoms with Crippen molar-refractivity contribution in [2.45, 2.75) is 0 Å². The average molecular weight is 393 g/mol. The monoisotopic (exact) mass is 392 g/mol. The molecule has 0 atom stereocenters. The van der Waals surface area contributed by atoms with E-state index in [9.17, 15) is 9.90 Å². The van der Waals surface area contributed by atoms with Crippen molar-refractivity contribution in [3.8, 4) is 5.75 Å². The highest BCUT2D eigenvalue weighted by Crippen LogP contribution is 2.31. The topological polar surface area (TPSA) is 86.1 Å². The van der Waals surface area contributed by atoms with Gasteiger partial charge in [0.2, 0.25) is 0 Å². The van der Waals surface area contributed by atoms with E-state index in [1.165, 1.54) is 12.1 Å². The van der Waals surface area contributed by atoms with Crippen LogP contribution in [0.5, 0.6) is 5.75 Å². The second kappa shape index (κ2) is 7.18. The van der Waals surface area contributed by atoms with Crippen LogP contribution in [0.4, 0.5) is 11.4 Å². The van der Waals surface area contributed by atoms with Crippen LogP contribution in [0.2, 0.25) is 10.0 Å². The van der Waals surface area contributed by atoms with E-state index in [0.717, 1.165) is 0 Å². The van der Waals surface area contributed by atoms with E-state index in [1.54, 1.807) is 30.3 Å². The van der Waals surface area contributed by atoms with Gasteiger partial charge in [0.05, 0.1) is 10.7 Å². The lowest BCUT2D eigenvalue weighted by atomic mass is 10.1. The van der Waals surface area contributed by atoms with Crippen molar-refractivity contribution >= 4 is 63.9 Å². The van der Waals surface area contributed by atoms with E-state index in [-0.39, 0.29) is 22.5 Å². The van der Waals surface area contributed by atoms with Crippen molar-refractivity contribution in [2.75, 3.05) is 0 Å². The third kappa shape index (κ3) is 4.14. The van der Waals surface area contributed by atoms with E-state index in [1.807, 2.05) is 0 Å². The number of azo groups is 1. The molecular formula is C16H10Cl2N4O2S. The summed E-state index contributed by atoms with van der Waals surface area (Å²) in [6, 6.07) is 9.48. The van der Waals surface area contributed by atoms with Crippen LogP contribution in [0.3, 0.4) is 0 Å². The first-order valence-corrected chi connectivity index (χ1v) is 8.12. The Kier molecular flexibility index (Phi) is 4.98. The molecule has 3 N–H and O–H groups in total. The number of nitrogens with zero attached hydrogens (tertiary/aromatic N) is 2. The smallest absolute Gasteiger partial charge is 0.273 e. The summed E-state index contributed by atoms with van der Waals surface area (Å²) in [5, 5.41) is 24.3. The number of carbonyl (C=O) groups is 1. The van der Waals surface area contributed by atoms with Crippen molar-refractivity contribution in [1.29, 1.82) is 0 Å². The maximum absolute atomic E-state index is 11.7. The summed E-state index contributed by atoms with van der Waals surface area (Å²) in [5.41, 5.74) is 1.55. The molecule has 25 heavy (non-hydrogen) atoms. The molecule has 0 bridgehead atoms. The number of amides is 1. The number of aromatic hydroxyl groups is 1. The summed E-state index contributed by atoms with van der Waals surface area (Å²) in [7, 11) is 0. The third-order valence-electron chi connectivity index (χ3n) is 3.21. The van der Waals surface area contributed by atoms with Gasteiger partial charge >= 0.3 is 0 Å². The molecule has 1 aliphatic heterocycles. The molecule has 0 saturated carbocycles. The fraction of sp³-hybridized carbons (Fsp3) is 0. The molecule has 1 fully saturated rings. The highest BCUT2D eigenvalue weighted by molar-refractivity contribution is 7.80. The number of nitrogens with one attached hydrogen (secondary N) is 2. The van der Waals surface area contributed by atoms with Crippen LogP contribution < -0.4 is 10.6 Å². The molecule has 2 aromatic rings. The molecule has 3 rings (SSSR count). The Morgan fingerprint density at radius 2 is 1.88 bits per heavy atom. The Morgan fingerprint density at radius 1 is 1.08 bits per heavy atom. The number of rotatable bonds is 3. The molecule has 1 saturated heterocycles. The average Bonchev–Trinajstić information content (AvgIpc) is 2.87. The van der Waals surface area contributed by atoms with Crippen molar-refractivity contribution < 1.29 is 9.90 Å². The number of benzene rings is 2. The number of hydrogen-bond donors (Lipinski definition) is 3. The maximum Gasteiger partial charge on any atom is 0.273 e. The van der Waals surface area contributed by atoms with Crippen molar-refractivity contribution in [3.63, 3.8) is 0 Å². The van der Waals surface area contributed by atoms with E-state index < -0.39 is 0 Å². The Morgan fingerprint density at radius 3 is 2.56 bits per heavy atom. The van der Waals surface area contributed by atoms with Crippen LogP contribution in [-0.4, -0.2) is 16.1 Å². The number of thiocarbonyl (C=S) groups is 1. The lowest BCUT2D eigenvalue weighted by molar-refractivity contribution is -0.115. The molecule has 1 heterocycles. The number of carbonyl (C=O) groups excluding carboxylic acids is 1. The largest absolute Gasteiger partial charge is 0.507 e. The molecule has 0 aromatic heterocycles. The van der Waals surface area contributed by atoms with Gasteiger partial charge in [0, 0.05) is 10.6 Å². The minimum absolute atomic E-state index is 0.0107.